The average molecular weight is 709 g/mol. The summed E-state index contributed by atoms with van der Waals surface area (Å²) in [6, 6.07) is 0. The van der Waals surface area contributed by atoms with E-state index in [1.54, 1.807) is 0 Å². The van der Waals surface area contributed by atoms with Crippen LogP contribution in [0.5, 0.6) is 0 Å². The van der Waals surface area contributed by atoms with E-state index >= 15 is 0 Å². The Morgan fingerprint density at radius 3 is 1.31 bits per heavy atom. The second-order valence-corrected chi connectivity index (χ2v) is 21.0. The maximum atomic E-state index is 12.7. The lowest BCUT2D eigenvalue weighted by Gasteiger charge is -2.37. The van der Waals surface area contributed by atoms with E-state index in [1.807, 2.05) is 0 Å². The van der Waals surface area contributed by atoms with Crippen LogP contribution in [0.4, 0.5) is 0 Å². The second-order valence-electron chi connectivity index (χ2n) is 16.2. The minimum atomic E-state index is -2.03. The Hall–Kier alpha value is -1.14. The molecule has 1 atom stereocenters. The molecule has 0 bridgehead atoms. The first-order valence-electron chi connectivity index (χ1n) is 21.2. The number of carbonyl (C=O) groups excluding carboxylic acids is 2. The molecule has 0 N–H and O–H groups in total. The zero-order valence-electron chi connectivity index (χ0n) is 34.0. The molecule has 0 aromatic rings. The lowest BCUT2D eigenvalue weighted by atomic mass is 10.0. The zero-order valence-corrected chi connectivity index (χ0v) is 35.0. The minimum Gasteiger partial charge on any atom is -0.462 e. The maximum absolute atomic E-state index is 12.7. The van der Waals surface area contributed by atoms with E-state index in [1.165, 1.54) is 128 Å². The van der Waals surface area contributed by atoms with Gasteiger partial charge >= 0.3 is 11.9 Å². The number of allylic oxidation sites excluding steroid dienone is 2. The van der Waals surface area contributed by atoms with Gasteiger partial charge in [0.15, 0.2) is 14.4 Å². The molecular formula is C43H84O5Si. The van der Waals surface area contributed by atoms with Gasteiger partial charge in [-0.05, 0) is 56.7 Å². The second kappa shape index (κ2) is 32.7. The first kappa shape index (κ1) is 47.9. The van der Waals surface area contributed by atoms with Crippen LogP contribution in [0, 0.1) is 0 Å². The van der Waals surface area contributed by atoms with Gasteiger partial charge in [0.1, 0.15) is 6.61 Å². The molecule has 0 radical (unpaired) electrons. The molecule has 0 aromatic carbocycles. The van der Waals surface area contributed by atoms with Crippen LogP contribution in [0.2, 0.25) is 18.1 Å². The van der Waals surface area contributed by atoms with Gasteiger partial charge in [-0.2, -0.15) is 0 Å². The fourth-order valence-electron chi connectivity index (χ4n) is 5.76. The van der Waals surface area contributed by atoms with E-state index in [0.717, 1.165) is 38.5 Å². The van der Waals surface area contributed by atoms with Gasteiger partial charge in [-0.3, -0.25) is 9.59 Å². The molecule has 0 aromatic heterocycles. The van der Waals surface area contributed by atoms with Crippen molar-refractivity contribution in [2.24, 2.45) is 0 Å². The van der Waals surface area contributed by atoms with Crippen LogP contribution in [-0.4, -0.2) is 39.6 Å². The monoisotopic (exact) mass is 709 g/mol. The molecule has 0 aliphatic carbocycles. The van der Waals surface area contributed by atoms with Gasteiger partial charge in [0, 0.05) is 12.8 Å². The van der Waals surface area contributed by atoms with E-state index in [4.69, 9.17) is 13.9 Å². The summed E-state index contributed by atoms with van der Waals surface area (Å²) >= 11 is 0. The molecule has 0 aliphatic rings. The molecule has 0 amide bonds. The molecule has 6 heteroatoms. The number of carbonyl (C=O) groups is 2. The third-order valence-electron chi connectivity index (χ3n) is 10.3. The number of hydrogen-bond donors (Lipinski definition) is 0. The van der Waals surface area contributed by atoms with Crippen LogP contribution < -0.4 is 0 Å². The quantitative estimate of drug-likeness (QED) is 0.0284. The Morgan fingerprint density at radius 1 is 0.531 bits per heavy atom. The summed E-state index contributed by atoms with van der Waals surface area (Å²) < 4.78 is 17.8. The summed E-state index contributed by atoms with van der Waals surface area (Å²) in [7, 11) is -2.03. The standard InChI is InChI=1S/C43H84O5Si/c1-8-10-12-14-16-18-20-22-23-25-26-28-30-32-34-36-41(44)46-38-40(39-47-49(6,7)43(3,4)5)48-42(45)37-35-33-31-29-27-24-21-19-17-15-13-11-9-2/h22-23,40H,8-21,24-39H2,1-7H3/b23-22-/t40-/m1/s1. The molecule has 0 aliphatic heterocycles. The highest BCUT2D eigenvalue weighted by Crippen LogP contribution is 2.36. The van der Waals surface area contributed by atoms with Gasteiger partial charge in [-0.15, -0.1) is 0 Å². The predicted octanol–water partition coefficient (Wildman–Crippen LogP) is 14.0. The first-order valence-corrected chi connectivity index (χ1v) is 24.1. The van der Waals surface area contributed by atoms with Gasteiger partial charge in [0.2, 0.25) is 0 Å². The third kappa shape index (κ3) is 31.3. The molecule has 0 saturated carbocycles. The SMILES string of the molecule is CCCCCCCC/C=C\CCCCCCCC(=O)OC[C@H](CO[Si](C)(C)C(C)(C)C)OC(=O)CCCCCCCCCCCCCCC. The third-order valence-corrected chi connectivity index (χ3v) is 14.8. The van der Waals surface area contributed by atoms with Crippen molar-refractivity contribution >= 4 is 20.3 Å². The van der Waals surface area contributed by atoms with Crippen LogP contribution >= 0.6 is 0 Å². The minimum absolute atomic E-state index is 0.0523. The topological polar surface area (TPSA) is 61.8 Å². The van der Waals surface area contributed by atoms with Crippen LogP contribution in [0.1, 0.15) is 214 Å². The molecule has 0 rings (SSSR count). The number of unbranched alkanes of at least 4 members (excludes halogenated alkanes) is 23. The Morgan fingerprint density at radius 2 is 0.898 bits per heavy atom. The Kier molecular flexibility index (Phi) is 32.0. The summed E-state index contributed by atoms with van der Waals surface area (Å²) in [5.41, 5.74) is 0. The first-order chi connectivity index (χ1) is 23.5. The van der Waals surface area contributed by atoms with Crippen LogP contribution in [0.25, 0.3) is 0 Å². The van der Waals surface area contributed by atoms with Crippen molar-refractivity contribution in [3.8, 4) is 0 Å². The Labute approximate surface area is 307 Å². The fourth-order valence-corrected chi connectivity index (χ4v) is 6.80. The Balaban J connectivity index is 4.22. The molecule has 0 spiro atoms. The molecule has 5 nitrogen and oxygen atoms in total. The largest absolute Gasteiger partial charge is 0.462 e. The van der Waals surface area contributed by atoms with Crippen molar-refractivity contribution in [2.75, 3.05) is 13.2 Å². The van der Waals surface area contributed by atoms with E-state index < -0.39 is 14.4 Å². The van der Waals surface area contributed by atoms with E-state index in [0.29, 0.717) is 12.8 Å². The van der Waals surface area contributed by atoms with Gasteiger partial charge in [-0.25, -0.2) is 0 Å². The zero-order chi connectivity index (χ0) is 36.5. The summed E-state index contributed by atoms with van der Waals surface area (Å²) in [4.78, 5) is 25.3. The lowest BCUT2D eigenvalue weighted by molar-refractivity contribution is -0.161. The molecule has 0 heterocycles. The summed E-state index contributed by atoms with van der Waals surface area (Å²) in [6.07, 6.45) is 37.6. The van der Waals surface area contributed by atoms with Crippen molar-refractivity contribution in [1.82, 2.24) is 0 Å². The average Bonchev–Trinajstić information content (AvgIpc) is 3.05. The fraction of sp³-hybridized carbons (Fsp3) is 0.907. The molecular weight excluding hydrogens is 625 g/mol. The summed E-state index contributed by atoms with van der Waals surface area (Å²) in [5.74, 6) is -0.414. The number of rotatable bonds is 35. The van der Waals surface area contributed by atoms with Crippen LogP contribution in [-0.2, 0) is 23.5 Å². The number of ether oxygens (including phenoxy) is 2. The van der Waals surface area contributed by atoms with Crippen molar-refractivity contribution in [3.63, 3.8) is 0 Å². The van der Waals surface area contributed by atoms with Gasteiger partial charge < -0.3 is 13.9 Å². The molecule has 49 heavy (non-hydrogen) atoms. The summed E-state index contributed by atoms with van der Waals surface area (Å²) in [5, 5.41) is 0.0523. The molecule has 0 unspecified atom stereocenters. The molecule has 0 fully saturated rings. The van der Waals surface area contributed by atoms with Gasteiger partial charge in [0.25, 0.3) is 0 Å². The Bertz CT molecular complexity index is 788. The highest BCUT2D eigenvalue weighted by atomic mass is 28.4. The van der Waals surface area contributed by atoms with Crippen LogP contribution in [0.15, 0.2) is 12.2 Å². The van der Waals surface area contributed by atoms with Crippen molar-refractivity contribution < 1.29 is 23.5 Å². The van der Waals surface area contributed by atoms with E-state index in [9.17, 15) is 9.59 Å². The highest BCUT2D eigenvalue weighted by molar-refractivity contribution is 6.74. The van der Waals surface area contributed by atoms with Crippen LogP contribution in [0.3, 0.4) is 0 Å². The van der Waals surface area contributed by atoms with E-state index in [-0.39, 0.29) is 30.2 Å². The normalized spacial score (nSPS) is 12.9. The molecule has 290 valence electrons. The van der Waals surface area contributed by atoms with E-state index in [2.05, 4.69) is 59.9 Å². The number of esters is 2. The van der Waals surface area contributed by atoms with Gasteiger partial charge in [0.05, 0.1) is 6.61 Å². The number of hydrogen-bond acceptors (Lipinski definition) is 5. The van der Waals surface area contributed by atoms with Crippen molar-refractivity contribution in [3.05, 3.63) is 12.2 Å². The van der Waals surface area contributed by atoms with Crippen molar-refractivity contribution in [1.29, 1.82) is 0 Å². The van der Waals surface area contributed by atoms with Crippen molar-refractivity contribution in [2.45, 2.75) is 239 Å². The van der Waals surface area contributed by atoms with Gasteiger partial charge in [-0.1, -0.05) is 175 Å². The maximum Gasteiger partial charge on any atom is 0.306 e. The smallest absolute Gasteiger partial charge is 0.306 e. The summed E-state index contributed by atoms with van der Waals surface area (Å²) in [6.45, 7) is 15.9. The predicted molar refractivity (Wildman–Crippen MR) is 214 cm³/mol. The highest BCUT2D eigenvalue weighted by Gasteiger charge is 2.38. The molecule has 0 saturated heterocycles. The lowest BCUT2D eigenvalue weighted by Crippen LogP contribution is -2.44.